The van der Waals surface area contributed by atoms with Gasteiger partial charge in [-0.15, -0.1) is 0 Å². The van der Waals surface area contributed by atoms with Crippen LogP contribution in [0.4, 0.5) is 4.39 Å². The first kappa shape index (κ1) is 13.4. The van der Waals surface area contributed by atoms with E-state index in [0.29, 0.717) is 6.54 Å². The largest absolute Gasteiger partial charge is 0.464 e. The average molecular weight is 233 g/mol. The maximum Gasteiger partial charge on any atom is 0.343 e. The minimum Gasteiger partial charge on any atom is -0.464 e. The van der Waals surface area contributed by atoms with E-state index >= 15 is 0 Å². The molecule has 0 radical (unpaired) electrons. The Morgan fingerprint density at radius 3 is 2.88 bits per heavy atom. The Hall–Kier alpha value is -0.680. The van der Waals surface area contributed by atoms with Crippen LogP contribution in [0.25, 0.3) is 0 Å². The fourth-order valence-corrected chi connectivity index (χ4v) is 2.02. The van der Waals surface area contributed by atoms with Gasteiger partial charge < -0.3 is 14.7 Å². The number of ether oxygens (including phenoxy) is 1. The number of hydrogen-bond donors (Lipinski definition) is 1. The lowest BCUT2D eigenvalue weighted by Gasteiger charge is -2.41. The maximum atomic E-state index is 13.8. The van der Waals surface area contributed by atoms with Crippen molar-refractivity contribution >= 4 is 5.97 Å². The monoisotopic (exact) mass is 233 g/mol. The zero-order chi connectivity index (χ0) is 12.3. The number of carbonyl (C=O) groups excluding carboxylic acids is 1. The highest BCUT2D eigenvalue weighted by molar-refractivity contribution is 5.76. The molecule has 0 bridgehead atoms. The summed E-state index contributed by atoms with van der Waals surface area (Å²) in [6, 6.07) is 0.0615. The molecule has 0 amide bonds. The van der Waals surface area contributed by atoms with Crippen LogP contribution in [0.3, 0.4) is 0 Å². The first-order valence-corrected chi connectivity index (χ1v) is 5.64. The molecular weight excluding hydrogens is 213 g/mol. The van der Waals surface area contributed by atoms with Crippen molar-refractivity contribution in [3.8, 4) is 0 Å². The third-order valence-corrected chi connectivity index (χ3v) is 3.26. The molecule has 0 spiro atoms. The van der Waals surface area contributed by atoms with E-state index in [2.05, 4.69) is 4.74 Å². The Bertz CT molecular complexity index is 262. The fourth-order valence-electron chi connectivity index (χ4n) is 2.02. The van der Waals surface area contributed by atoms with Crippen LogP contribution >= 0.6 is 0 Å². The zero-order valence-electron chi connectivity index (χ0n) is 10.1. The van der Waals surface area contributed by atoms with Crippen LogP contribution in [0.5, 0.6) is 0 Å². The van der Waals surface area contributed by atoms with Crippen molar-refractivity contribution in [3.05, 3.63) is 0 Å². The molecule has 1 fully saturated rings. The molecule has 0 aromatic rings. The number of alkyl halides is 1. The molecule has 1 N–H and O–H groups in total. The molecular formula is C11H20FNO3. The van der Waals surface area contributed by atoms with Gasteiger partial charge in [0.05, 0.1) is 6.61 Å². The predicted molar refractivity (Wildman–Crippen MR) is 57.8 cm³/mol. The van der Waals surface area contributed by atoms with Crippen LogP contribution in [-0.2, 0) is 9.53 Å². The molecule has 0 saturated carbocycles. The van der Waals surface area contributed by atoms with Gasteiger partial charge in [-0.05, 0) is 33.7 Å². The molecule has 1 heterocycles. The standard InChI is InChI=1S/C11H20FNO3/c1-4-16-10(14)9(12)11(15)5-6-13(3)8(2)7-11/h8-9,15H,4-7H2,1-3H3. The van der Waals surface area contributed by atoms with Crippen LogP contribution in [0.2, 0.25) is 0 Å². The Kier molecular flexibility index (Phi) is 4.27. The summed E-state index contributed by atoms with van der Waals surface area (Å²) in [5, 5.41) is 10.1. The third kappa shape index (κ3) is 2.71. The molecule has 3 atom stereocenters. The molecule has 3 unspecified atom stereocenters. The summed E-state index contributed by atoms with van der Waals surface area (Å²) in [6.45, 7) is 4.23. The summed E-state index contributed by atoms with van der Waals surface area (Å²) in [5.41, 5.74) is -1.57. The number of halogens is 1. The van der Waals surface area contributed by atoms with E-state index in [-0.39, 0.29) is 25.5 Å². The summed E-state index contributed by atoms with van der Waals surface area (Å²) in [6.07, 6.45) is -1.43. The van der Waals surface area contributed by atoms with Crippen LogP contribution in [0.1, 0.15) is 26.7 Å². The Balaban J connectivity index is 2.66. The van der Waals surface area contributed by atoms with Crippen molar-refractivity contribution in [3.63, 3.8) is 0 Å². The summed E-state index contributed by atoms with van der Waals surface area (Å²) in [4.78, 5) is 13.3. The van der Waals surface area contributed by atoms with Crippen molar-refractivity contribution in [2.45, 2.75) is 44.5 Å². The second-order valence-electron chi connectivity index (χ2n) is 4.50. The number of nitrogens with zero attached hydrogens (tertiary/aromatic N) is 1. The number of piperidine rings is 1. The number of hydrogen-bond acceptors (Lipinski definition) is 4. The number of aliphatic hydroxyl groups is 1. The van der Waals surface area contributed by atoms with Gasteiger partial charge in [-0.2, -0.15) is 0 Å². The van der Waals surface area contributed by atoms with E-state index in [1.54, 1.807) is 6.92 Å². The lowest BCUT2D eigenvalue weighted by molar-refractivity contribution is -0.166. The van der Waals surface area contributed by atoms with E-state index in [0.717, 1.165) is 0 Å². The number of likely N-dealkylation sites (tertiary alicyclic amines) is 1. The summed E-state index contributed by atoms with van der Waals surface area (Å²) in [7, 11) is 1.92. The number of carbonyl (C=O) groups is 1. The molecule has 0 aliphatic carbocycles. The Morgan fingerprint density at radius 2 is 2.38 bits per heavy atom. The molecule has 1 aliphatic rings. The number of rotatable bonds is 3. The van der Waals surface area contributed by atoms with Gasteiger partial charge in [0.15, 0.2) is 0 Å². The molecule has 1 saturated heterocycles. The van der Waals surface area contributed by atoms with E-state index in [9.17, 15) is 14.3 Å². The lowest BCUT2D eigenvalue weighted by atomic mass is 9.83. The summed E-state index contributed by atoms with van der Waals surface area (Å²) >= 11 is 0. The third-order valence-electron chi connectivity index (χ3n) is 3.26. The molecule has 0 aromatic heterocycles. The first-order valence-electron chi connectivity index (χ1n) is 5.64. The van der Waals surface area contributed by atoms with Gasteiger partial charge in [0.25, 0.3) is 0 Å². The summed E-state index contributed by atoms with van der Waals surface area (Å²) in [5.74, 6) is -0.957. The minimum atomic E-state index is -1.94. The molecule has 4 nitrogen and oxygen atoms in total. The van der Waals surface area contributed by atoms with Crippen LogP contribution in [0.15, 0.2) is 0 Å². The van der Waals surface area contributed by atoms with Crippen molar-refractivity contribution in [2.24, 2.45) is 0 Å². The van der Waals surface area contributed by atoms with Crippen LogP contribution in [0, 0.1) is 0 Å². The lowest BCUT2D eigenvalue weighted by Crippen LogP contribution is -2.55. The highest BCUT2D eigenvalue weighted by Crippen LogP contribution is 2.31. The van der Waals surface area contributed by atoms with Gasteiger partial charge in [0, 0.05) is 12.6 Å². The van der Waals surface area contributed by atoms with Crippen molar-refractivity contribution < 1.29 is 19.0 Å². The minimum absolute atomic E-state index is 0.0615. The Morgan fingerprint density at radius 1 is 1.75 bits per heavy atom. The van der Waals surface area contributed by atoms with E-state index in [1.165, 1.54) is 0 Å². The SMILES string of the molecule is CCOC(=O)C(F)C1(O)CCN(C)C(C)C1. The van der Waals surface area contributed by atoms with Gasteiger partial charge in [0.1, 0.15) is 5.60 Å². The smallest absolute Gasteiger partial charge is 0.343 e. The van der Waals surface area contributed by atoms with Crippen molar-refractivity contribution in [1.29, 1.82) is 0 Å². The highest BCUT2D eigenvalue weighted by atomic mass is 19.1. The van der Waals surface area contributed by atoms with E-state index in [4.69, 9.17) is 0 Å². The number of esters is 1. The molecule has 16 heavy (non-hydrogen) atoms. The summed E-state index contributed by atoms with van der Waals surface area (Å²) < 4.78 is 18.4. The van der Waals surface area contributed by atoms with Gasteiger partial charge in [-0.25, -0.2) is 9.18 Å². The van der Waals surface area contributed by atoms with Gasteiger partial charge >= 0.3 is 5.97 Å². The predicted octanol–water partition coefficient (Wildman–Crippen LogP) is 0.733. The fraction of sp³-hybridized carbons (Fsp3) is 0.909. The van der Waals surface area contributed by atoms with Gasteiger partial charge in [0.2, 0.25) is 6.17 Å². The molecule has 1 aliphatic heterocycles. The Labute approximate surface area is 95.4 Å². The average Bonchev–Trinajstić information content (AvgIpc) is 2.23. The zero-order valence-corrected chi connectivity index (χ0v) is 10.1. The van der Waals surface area contributed by atoms with E-state index in [1.807, 2.05) is 18.9 Å². The van der Waals surface area contributed by atoms with E-state index < -0.39 is 17.7 Å². The molecule has 94 valence electrons. The molecule has 1 rings (SSSR count). The first-order chi connectivity index (χ1) is 7.40. The molecule has 0 aromatic carbocycles. The highest BCUT2D eigenvalue weighted by Gasteiger charge is 2.46. The van der Waals surface area contributed by atoms with Crippen molar-refractivity contribution in [1.82, 2.24) is 4.90 Å². The van der Waals surface area contributed by atoms with Crippen molar-refractivity contribution in [2.75, 3.05) is 20.2 Å². The molecule has 5 heteroatoms. The van der Waals surface area contributed by atoms with Gasteiger partial charge in [-0.1, -0.05) is 0 Å². The van der Waals surface area contributed by atoms with Gasteiger partial charge in [-0.3, -0.25) is 0 Å². The van der Waals surface area contributed by atoms with Crippen LogP contribution in [-0.4, -0.2) is 54.0 Å². The normalized spacial score (nSPS) is 33.4. The second-order valence-corrected chi connectivity index (χ2v) is 4.50. The topological polar surface area (TPSA) is 49.8 Å². The van der Waals surface area contributed by atoms with Crippen LogP contribution < -0.4 is 0 Å². The second kappa shape index (κ2) is 5.10. The maximum absolute atomic E-state index is 13.8. The quantitative estimate of drug-likeness (QED) is 0.730.